The monoisotopic (exact) mass is 756 g/mol. The number of carbonyl (C=O) groups is 2. The number of esters is 2. The highest BCUT2D eigenvalue weighted by molar-refractivity contribution is 7.59. The van der Waals surface area contributed by atoms with E-state index in [9.17, 15) is 19.2 Å². The molecule has 1 aliphatic heterocycles. The average molecular weight is 757 g/mol. The zero-order chi connectivity index (χ0) is 37.5. The van der Waals surface area contributed by atoms with Crippen LogP contribution in [0.2, 0.25) is 5.02 Å². The Morgan fingerprint density at radius 2 is 1.65 bits per heavy atom. The van der Waals surface area contributed by atoms with Gasteiger partial charge in [-0.3, -0.25) is 28.5 Å². The summed E-state index contributed by atoms with van der Waals surface area (Å²) in [7, 11) is -4.00. The van der Waals surface area contributed by atoms with E-state index in [1.54, 1.807) is 12.2 Å². The van der Waals surface area contributed by atoms with E-state index in [1.165, 1.54) is 6.20 Å². The maximum Gasteiger partial charge on any atom is 0.330 e. The predicted octanol–water partition coefficient (Wildman–Crippen LogP) is 4.93. The van der Waals surface area contributed by atoms with Gasteiger partial charge in [-0.15, -0.1) is 0 Å². The second kappa shape index (κ2) is 17.3. The number of aromatic amines is 1. The van der Waals surface area contributed by atoms with E-state index >= 15 is 4.57 Å². The van der Waals surface area contributed by atoms with Gasteiger partial charge in [0.15, 0.2) is 6.23 Å². The molecular formula is C37H46ClN4O9P. The Balaban J connectivity index is 1.40. The number of nitrogens with zero attached hydrogens (tertiary/aromatic N) is 1. The first kappa shape index (κ1) is 39.4. The minimum Gasteiger partial charge on any atom is -0.464 e. The van der Waals surface area contributed by atoms with Gasteiger partial charge in [0, 0.05) is 12.1 Å². The molecule has 15 heteroatoms. The third-order valence-corrected chi connectivity index (χ3v) is 10.8. The summed E-state index contributed by atoms with van der Waals surface area (Å²) in [6.45, 7) is 7.94. The van der Waals surface area contributed by atoms with Crippen molar-refractivity contribution in [3.63, 3.8) is 0 Å². The number of carbonyl (C=O) groups excluding carboxylic acids is 2. The number of hydrogen-bond donors (Lipinski definition) is 3. The van der Waals surface area contributed by atoms with Crippen LogP contribution in [-0.2, 0) is 39.5 Å². The predicted molar refractivity (Wildman–Crippen MR) is 196 cm³/mol. The number of ether oxygens (including phenoxy) is 4. The maximum atomic E-state index is 15.2. The number of rotatable bonds is 18. The van der Waals surface area contributed by atoms with E-state index in [1.807, 2.05) is 88.4 Å². The topological polar surface area (TPSA) is 167 Å². The van der Waals surface area contributed by atoms with Gasteiger partial charge in [0.1, 0.15) is 29.1 Å². The SMILES string of the molecule is CC(C)COC(=O)[C@H](Cc1ccccc1)NP(=O)(COC[C@@H]1C=C[C@H](n2cc(Cl)c(=O)[nH]c2=O)O1)NC1(C(=O)OCC(C)C)CC1c1ccccc1. The molecule has 2 heterocycles. The Bertz CT molecular complexity index is 1880. The standard InChI is InChI=1S/C37H46ClN4O9P/c1-24(2)20-49-34(44)31(17-26-11-7-5-8-12-26)40-52(47,23-48-22-28-15-16-32(51-28)42-19-30(38)33(43)39-36(42)46)41-37(35(45)50-21-25(3)4)18-29(37)27-13-9-6-10-14-27/h5-16,19,24-25,28-29,31-32H,17-18,20-23H2,1-4H3,(H,39,43,46)(H2,40,41,47)/t28-,29?,31-,32+,37?,52?/m0/s1. The lowest BCUT2D eigenvalue weighted by atomic mass is 10.1. The summed E-state index contributed by atoms with van der Waals surface area (Å²) in [5.74, 6) is -1.36. The summed E-state index contributed by atoms with van der Waals surface area (Å²) in [5, 5.41) is 6.03. The van der Waals surface area contributed by atoms with Crippen LogP contribution in [0.3, 0.4) is 0 Å². The van der Waals surface area contributed by atoms with Crippen LogP contribution in [0, 0.1) is 11.8 Å². The molecular weight excluding hydrogens is 711 g/mol. The quantitative estimate of drug-likeness (QED) is 0.0916. The molecule has 3 aromatic rings. The van der Waals surface area contributed by atoms with Crippen molar-refractivity contribution in [2.75, 3.05) is 26.2 Å². The van der Waals surface area contributed by atoms with E-state index in [-0.39, 0.29) is 49.0 Å². The van der Waals surface area contributed by atoms with Crippen LogP contribution in [-0.4, -0.2) is 65.3 Å². The Kier molecular flexibility index (Phi) is 13.1. The van der Waals surface area contributed by atoms with E-state index in [0.717, 1.165) is 15.7 Å². The fourth-order valence-electron chi connectivity index (χ4n) is 5.86. The van der Waals surface area contributed by atoms with Gasteiger partial charge in [0.05, 0.1) is 19.8 Å². The van der Waals surface area contributed by atoms with Gasteiger partial charge in [0.2, 0.25) is 7.44 Å². The van der Waals surface area contributed by atoms with E-state index in [2.05, 4.69) is 15.2 Å². The van der Waals surface area contributed by atoms with Crippen LogP contribution >= 0.6 is 19.0 Å². The number of nitrogens with one attached hydrogen (secondary N) is 3. The molecule has 2 aliphatic rings. The molecule has 2 aromatic carbocycles. The maximum absolute atomic E-state index is 15.2. The minimum absolute atomic E-state index is 0.0676. The summed E-state index contributed by atoms with van der Waals surface area (Å²) < 4.78 is 39.6. The molecule has 1 aliphatic carbocycles. The normalized spacial score (nSPS) is 22.6. The van der Waals surface area contributed by atoms with Gasteiger partial charge < -0.3 is 18.9 Å². The average Bonchev–Trinajstić information content (AvgIpc) is 3.64. The molecule has 0 bridgehead atoms. The van der Waals surface area contributed by atoms with Crippen molar-refractivity contribution >= 4 is 31.0 Å². The molecule has 1 saturated carbocycles. The highest BCUT2D eigenvalue weighted by Gasteiger charge is 2.64. The van der Waals surface area contributed by atoms with Gasteiger partial charge in [-0.2, -0.15) is 0 Å². The third-order valence-electron chi connectivity index (χ3n) is 8.50. The van der Waals surface area contributed by atoms with Crippen LogP contribution in [0.1, 0.15) is 57.4 Å². The lowest BCUT2D eigenvalue weighted by Gasteiger charge is -2.30. The number of halogens is 1. The largest absolute Gasteiger partial charge is 0.464 e. The molecule has 1 aromatic heterocycles. The first-order valence-electron chi connectivity index (χ1n) is 17.3. The van der Waals surface area contributed by atoms with Crippen molar-refractivity contribution in [1.82, 2.24) is 19.7 Å². The molecule has 5 rings (SSSR count). The summed E-state index contributed by atoms with van der Waals surface area (Å²) >= 11 is 5.93. The van der Waals surface area contributed by atoms with Crippen LogP contribution in [0.4, 0.5) is 0 Å². The first-order chi connectivity index (χ1) is 24.8. The number of benzene rings is 2. The zero-order valence-electron chi connectivity index (χ0n) is 29.7. The lowest BCUT2D eigenvalue weighted by molar-refractivity contribution is -0.148. The fraction of sp³-hybridized carbons (Fsp3) is 0.459. The van der Waals surface area contributed by atoms with Crippen LogP contribution in [0.5, 0.6) is 0 Å². The summed E-state index contributed by atoms with van der Waals surface area (Å²) in [5.41, 5.74) is -1.10. The summed E-state index contributed by atoms with van der Waals surface area (Å²) in [6.07, 6.45) is 2.94. The van der Waals surface area contributed by atoms with Crippen molar-refractivity contribution in [1.29, 1.82) is 0 Å². The summed E-state index contributed by atoms with van der Waals surface area (Å²) in [6, 6.07) is 17.6. The van der Waals surface area contributed by atoms with Gasteiger partial charge in [0.25, 0.3) is 5.56 Å². The molecule has 0 spiro atoms. The molecule has 3 unspecified atom stereocenters. The van der Waals surface area contributed by atoms with Crippen LogP contribution in [0.15, 0.2) is 88.6 Å². The van der Waals surface area contributed by atoms with Gasteiger partial charge >= 0.3 is 17.6 Å². The lowest BCUT2D eigenvalue weighted by Crippen LogP contribution is -2.48. The van der Waals surface area contributed by atoms with E-state index < -0.39 is 60.9 Å². The number of hydrogen-bond acceptors (Lipinski definition) is 9. The van der Waals surface area contributed by atoms with Crippen molar-refractivity contribution in [2.24, 2.45) is 11.8 Å². The van der Waals surface area contributed by atoms with Crippen LogP contribution in [0.25, 0.3) is 0 Å². The fourth-order valence-corrected chi connectivity index (χ4v) is 8.26. The van der Waals surface area contributed by atoms with E-state index in [4.69, 9.17) is 30.5 Å². The smallest absolute Gasteiger partial charge is 0.330 e. The summed E-state index contributed by atoms with van der Waals surface area (Å²) in [4.78, 5) is 53.7. The van der Waals surface area contributed by atoms with Gasteiger partial charge in [-0.1, -0.05) is 106 Å². The molecule has 6 atom stereocenters. The molecule has 3 N–H and O–H groups in total. The third kappa shape index (κ3) is 10.2. The molecule has 52 heavy (non-hydrogen) atoms. The minimum atomic E-state index is -4.00. The van der Waals surface area contributed by atoms with Gasteiger partial charge in [-0.25, -0.2) is 15.0 Å². The second-order valence-corrected chi connectivity index (χ2v) is 16.6. The van der Waals surface area contributed by atoms with Gasteiger partial charge in [-0.05, 0) is 41.9 Å². The molecule has 280 valence electrons. The Hall–Kier alpha value is -3.84. The molecule has 1 fully saturated rings. The van der Waals surface area contributed by atoms with Crippen LogP contribution < -0.4 is 21.4 Å². The first-order valence-corrected chi connectivity index (χ1v) is 19.6. The Morgan fingerprint density at radius 3 is 2.33 bits per heavy atom. The number of H-pyrrole nitrogens is 1. The van der Waals surface area contributed by atoms with Crippen molar-refractivity contribution in [2.45, 2.75) is 70.4 Å². The Labute approximate surface area is 307 Å². The molecule has 13 nitrogen and oxygen atoms in total. The highest BCUT2D eigenvalue weighted by atomic mass is 35.5. The van der Waals surface area contributed by atoms with Crippen molar-refractivity contribution in [3.8, 4) is 0 Å². The van der Waals surface area contributed by atoms with Crippen molar-refractivity contribution < 1.29 is 33.1 Å². The zero-order valence-corrected chi connectivity index (χ0v) is 31.3. The highest BCUT2D eigenvalue weighted by Crippen LogP contribution is 2.57. The Morgan fingerprint density at radius 1 is 1.00 bits per heavy atom. The van der Waals surface area contributed by atoms with E-state index in [0.29, 0.717) is 6.42 Å². The van der Waals surface area contributed by atoms with Crippen molar-refractivity contribution in [3.05, 3.63) is 116 Å². The second-order valence-electron chi connectivity index (χ2n) is 14.0. The molecule has 0 saturated heterocycles. The molecule has 0 radical (unpaired) electrons. The molecule has 0 amide bonds. The number of aromatic nitrogens is 2.